The normalized spacial score (nSPS) is 17.3. The van der Waals surface area contributed by atoms with Crippen LogP contribution in [-0.2, 0) is 11.3 Å². The second-order valence-corrected chi connectivity index (χ2v) is 5.40. The predicted molar refractivity (Wildman–Crippen MR) is 87.0 cm³/mol. The Balaban J connectivity index is 1.72. The summed E-state index contributed by atoms with van der Waals surface area (Å²) in [6, 6.07) is 3.83. The van der Waals surface area contributed by atoms with E-state index in [9.17, 15) is 4.79 Å². The maximum absolute atomic E-state index is 11.7. The number of carbonyl (C=O) groups excluding carboxylic acids is 1. The largest absolute Gasteiger partial charge is 0.376 e. The molecule has 122 valence electrons. The van der Waals surface area contributed by atoms with Crippen LogP contribution in [0.4, 0.5) is 10.6 Å². The topological polar surface area (TPSA) is 66.5 Å². The number of hydrogen-bond donors (Lipinski definition) is 2. The van der Waals surface area contributed by atoms with E-state index in [0.29, 0.717) is 13.1 Å². The highest BCUT2D eigenvalue weighted by molar-refractivity contribution is 5.73. The van der Waals surface area contributed by atoms with Crippen LogP contribution in [0.2, 0.25) is 0 Å². The second-order valence-electron chi connectivity index (χ2n) is 5.40. The van der Waals surface area contributed by atoms with E-state index in [1.165, 1.54) is 0 Å². The van der Waals surface area contributed by atoms with Crippen LogP contribution >= 0.6 is 0 Å². The molecule has 2 heterocycles. The summed E-state index contributed by atoms with van der Waals surface area (Å²) in [5.41, 5.74) is 0.989. The number of nitrogens with zero attached hydrogens (tertiary/aromatic N) is 2. The molecule has 6 heteroatoms. The monoisotopic (exact) mass is 306 g/mol. The SMILES string of the molecule is CCN(CC)c1ccc(CNC(=O)NCC2CCCO2)cn1. The Hall–Kier alpha value is -1.82. The van der Waals surface area contributed by atoms with Gasteiger partial charge >= 0.3 is 6.03 Å². The second kappa shape index (κ2) is 8.58. The third-order valence-electron chi connectivity index (χ3n) is 3.86. The average Bonchev–Trinajstić information content (AvgIpc) is 3.07. The molecule has 2 amide bonds. The van der Waals surface area contributed by atoms with Gasteiger partial charge in [0.25, 0.3) is 0 Å². The molecular formula is C16H26N4O2. The van der Waals surface area contributed by atoms with Gasteiger partial charge in [-0.2, -0.15) is 0 Å². The zero-order valence-corrected chi connectivity index (χ0v) is 13.5. The summed E-state index contributed by atoms with van der Waals surface area (Å²) < 4.78 is 5.47. The molecule has 1 fully saturated rings. The summed E-state index contributed by atoms with van der Waals surface area (Å²) >= 11 is 0. The van der Waals surface area contributed by atoms with Crippen molar-refractivity contribution in [2.45, 2.75) is 39.3 Å². The fourth-order valence-corrected chi connectivity index (χ4v) is 2.51. The molecule has 0 aliphatic carbocycles. The minimum absolute atomic E-state index is 0.164. The maximum atomic E-state index is 11.7. The molecule has 1 atom stereocenters. The Morgan fingerprint density at radius 2 is 2.18 bits per heavy atom. The third-order valence-corrected chi connectivity index (χ3v) is 3.86. The number of pyridine rings is 1. The zero-order chi connectivity index (χ0) is 15.8. The lowest BCUT2D eigenvalue weighted by molar-refractivity contribution is 0.111. The lowest BCUT2D eigenvalue weighted by Gasteiger charge is -2.19. The molecule has 0 aromatic carbocycles. The smallest absolute Gasteiger partial charge is 0.315 e. The molecule has 1 unspecified atom stereocenters. The van der Waals surface area contributed by atoms with Gasteiger partial charge in [0.05, 0.1) is 6.10 Å². The van der Waals surface area contributed by atoms with E-state index in [0.717, 1.165) is 43.9 Å². The van der Waals surface area contributed by atoms with Gasteiger partial charge in [-0.25, -0.2) is 9.78 Å². The van der Waals surface area contributed by atoms with E-state index in [1.807, 2.05) is 18.3 Å². The molecule has 1 saturated heterocycles. The van der Waals surface area contributed by atoms with Gasteiger partial charge in [-0.15, -0.1) is 0 Å². The summed E-state index contributed by atoms with van der Waals surface area (Å²) in [5.74, 6) is 0.969. The van der Waals surface area contributed by atoms with Crippen LogP contribution in [0.25, 0.3) is 0 Å². The first-order valence-corrected chi connectivity index (χ1v) is 8.06. The van der Waals surface area contributed by atoms with Gasteiger partial charge in [-0.05, 0) is 38.3 Å². The number of nitrogens with one attached hydrogen (secondary N) is 2. The van der Waals surface area contributed by atoms with Crippen LogP contribution in [0.5, 0.6) is 0 Å². The molecule has 1 aromatic heterocycles. The summed E-state index contributed by atoms with van der Waals surface area (Å²) in [5, 5.41) is 5.68. The average molecular weight is 306 g/mol. The van der Waals surface area contributed by atoms with Crippen molar-refractivity contribution in [2.24, 2.45) is 0 Å². The first-order valence-electron chi connectivity index (χ1n) is 8.06. The van der Waals surface area contributed by atoms with Crippen molar-refractivity contribution in [2.75, 3.05) is 31.1 Å². The van der Waals surface area contributed by atoms with Crippen molar-refractivity contribution in [3.05, 3.63) is 23.9 Å². The van der Waals surface area contributed by atoms with Crippen molar-refractivity contribution in [3.8, 4) is 0 Å². The Bertz CT molecular complexity index is 454. The number of hydrogen-bond acceptors (Lipinski definition) is 4. The van der Waals surface area contributed by atoms with Gasteiger partial charge in [0.1, 0.15) is 5.82 Å². The summed E-state index contributed by atoms with van der Waals surface area (Å²) in [4.78, 5) is 18.4. The summed E-state index contributed by atoms with van der Waals surface area (Å²) in [6.45, 7) is 7.95. The van der Waals surface area contributed by atoms with Crippen molar-refractivity contribution < 1.29 is 9.53 Å². The molecule has 1 aromatic rings. The Morgan fingerprint density at radius 3 is 2.77 bits per heavy atom. The van der Waals surface area contributed by atoms with Crippen LogP contribution in [0.1, 0.15) is 32.3 Å². The minimum atomic E-state index is -0.164. The molecule has 22 heavy (non-hydrogen) atoms. The fourth-order valence-electron chi connectivity index (χ4n) is 2.51. The van der Waals surface area contributed by atoms with Gasteiger partial charge < -0.3 is 20.3 Å². The maximum Gasteiger partial charge on any atom is 0.315 e. The van der Waals surface area contributed by atoms with Gasteiger partial charge in [-0.3, -0.25) is 0 Å². The highest BCUT2D eigenvalue weighted by Crippen LogP contribution is 2.11. The minimum Gasteiger partial charge on any atom is -0.376 e. The van der Waals surface area contributed by atoms with Crippen molar-refractivity contribution >= 4 is 11.8 Å². The molecule has 1 aliphatic rings. The van der Waals surface area contributed by atoms with Gasteiger partial charge in [0, 0.05) is 39.0 Å². The molecule has 2 N–H and O–H groups in total. The highest BCUT2D eigenvalue weighted by atomic mass is 16.5. The van der Waals surface area contributed by atoms with E-state index in [-0.39, 0.29) is 12.1 Å². The molecule has 0 radical (unpaired) electrons. The van der Waals surface area contributed by atoms with Crippen LogP contribution < -0.4 is 15.5 Å². The lowest BCUT2D eigenvalue weighted by Crippen LogP contribution is -2.39. The standard InChI is InChI=1S/C16H26N4O2/c1-3-20(4-2)15-8-7-13(10-17-15)11-18-16(21)19-12-14-6-5-9-22-14/h7-8,10,14H,3-6,9,11-12H2,1-2H3,(H2,18,19,21). The van der Waals surface area contributed by atoms with Crippen LogP contribution in [-0.4, -0.2) is 43.4 Å². The van der Waals surface area contributed by atoms with E-state index < -0.39 is 0 Å². The van der Waals surface area contributed by atoms with E-state index >= 15 is 0 Å². The highest BCUT2D eigenvalue weighted by Gasteiger charge is 2.15. The van der Waals surface area contributed by atoms with Gasteiger partial charge in [0.15, 0.2) is 0 Å². The molecule has 0 bridgehead atoms. The third kappa shape index (κ3) is 4.87. The molecule has 0 saturated carbocycles. The number of aromatic nitrogens is 1. The predicted octanol–water partition coefficient (Wildman–Crippen LogP) is 1.91. The summed E-state index contributed by atoms with van der Waals surface area (Å²) in [7, 11) is 0. The van der Waals surface area contributed by atoms with E-state index in [1.54, 1.807) is 0 Å². The molecule has 6 nitrogen and oxygen atoms in total. The lowest BCUT2D eigenvalue weighted by atomic mass is 10.2. The number of anilines is 1. The fraction of sp³-hybridized carbons (Fsp3) is 0.625. The zero-order valence-electron chi connectivity index (χ0n) is 13.5. The Kier molecular flexibility index (Phi) is 6.45. The Morgan fingerprint density at radius 1 is 1.36 bits per heavy atom. The first-order chi connectivity index (χ1) is 10.7. The van der Waals surface area contributed by atoms with Crippen molar-refractivity contribution in [1.82, 2.24) is 15.6 Å². The Labute approximate surface area is 132 Å². The van der Waals surface area contributed by atoms with Crippen LogP contribution in [0.3, 0.4) is 0 Å². The summed E-state index contributed by atoms with van der Waals surface area (Å²) in [6.07, 6.45) is 4.09. The van der Waals surface area contributed by atoms with Crippen LogP contribution in [0, 0.1) is 0 Å². The first kappa shape index (κ1) is 16.5. The quantitative estimate of drug-likeness (QED) is 0.807. The number of ether oxygens (including phenoxy) is 1. The molecule has 0 spiro atoms. The molecular weight excluding hydrogens is 280 g/mol. The van der Waals surface area contributed by atoms with Crippen LogP contribution in [0.15, 0.2) is 18.3 Å². The molecule has 2 rings (SSSR count). The van der Waals surface area contributed by atoms with Gasteiger partial charge in [-0.1, -0.05) is 6.07 Å². The number of carbonyl (C=O) groups is 1. The van der Waals surface area contributed by atoms with Crippen molar-refractivity contribution in [1.29, 1.82) is 0 Å². The van der Waals surface area contributed by atoms with Crippen molar-refractivity contribution in [3.63, 3.8) is 0 Å². The number of amides is 2. The number of rotatable bonds is 7. The van der Waals surface area contributed by atoms with E-state index in [2.05, 4.69) is 34.4 Å². The molecule has 1 aliphatic heterocycles. The van der Waals surface area contributed by atoms with Gasteiger partial charge in [0.2, 0.25) is 0 Å². The number of urea groups is 1. The van der Waals surface area contributed by atoms with E-state index in [4.69, 9.17) is 4.74 Å².